The summed E-state index contributed by atoms with van der Waals surface area (Å²) in [5.41, 5.74) is -0.770. The third-order valence-corrected chi connectivity index (χ3v) is 3.63. The lowest BCUT2D eigenvalue weighted by atomic mass is 9.92. The molecular formula is C21H35NO2. The van der Waals surface area contributed by atoms with E-state index in [2.05, 4.69) is 24.4 Å². The Bertz CT molecular complexity index is 427. The molecule has 24 heavy (non-hydrogen) atoms. The lowest BCUT2D eigenvalue weighted by Gasteiger charge is -2.27. The number of allylic oxidation sites excluding steroid dienone is 7. The number of hydrogen-bond donors (Lipinski definition) is 2. The Morgan fingerprint density at radius 1 is 0.917 bits per heavy atom. The SMILES string of the molecule is CCC=CC=CC=CCCC=CC(=O)NCC(O)(CCC)CCC. The summed E-state index contributed by atoms with van der Waals surface area (Å²) < 4.78 is 0. The van der Waals surface area contributed by atoms with Gasteiger partial charge in [-0.2, -0.15) is 0 Å². The molecule has 2 N–H and O–H groups in total. The molecule has 0 atom stereocenters. The van der Waals surface area contributed by atoms with Gasteiger partial charge >= 0.3 is 0 Å². The van der Waals surface area contributed by atoms with E-state index in [1.54, 1.807) is 6.08 Å². The summed E-state index contributed by atoms with van der Waals surface area (Å²) in [5, 5.41) is 13.3. The second kappa shape index (κ2) is 14.9. The molecule has 0 saturated heterocycles. The van der Waals surface area contributed by atoms with Crippen molar-refractivity contribution in [1.29, 1.82) is 0 Å². The summed E-state index contributed by atoms with van der Waals surface area (Å²) in [6.07, 6.45) is 21.7. The van der Waals surface area contributed by atoms with Crippen molar-refractivity contribution in [2.24, 2.45) is 0 Å². The lowest BCUT2D eigenvalue weighted by molar-refractivity contribution is -0.118. The van der Waals surface area contributed by atoms with E-state index in [0.29, 0.717) is 6.54 Å². The molecule has 0 spiro atoms. The molecule has 0 aromatic heterocycles. The zero-order chi connectivity index (χ0) is 18.1. The maximum absolute atomic E-state index is 11.8. The molecule has 3 nitrogen and oxygen atoms in total. The van der Waals surface area contributed by atoms with Crippen molar-refractivity contribution < 1.29 is 9.90 Å². The largest absolute Gasteiger partial charge is 0.388 e. The Labute approximate surface area is 148 Å². The standard InChI is InChI=1S/C21H35NO2/c1-4-7-8-9-10-11-12-13-14-15-16-20(23)22-19-21(24,17-5-2)18-6-3/h7-12,15-16,24H,4-6,13-14,17-19H2,1-3H3,(H,22,23). The number of carbonyl (C=O) groups excluding carboxylic acids is 1. The quantitative estimate of drug-likeness (QED) is 0.287. The van der Waals surface area contributed by atoms with E-state index < -0.39 is 5.60 Å². The van der Waals surface area contributed by atoms with Gasteiger partial charge in [0.25, 0.3) is 0 Å². The second-order valence-corrected chi connectivity index (χ2v) is 6.07. The molecule has 1 amide bonds. The minimum atomic E-state index is -0.770. The molecule has 3 heteroatoms. The first kappa shape index (κ1) is 22.4. The molecule has 0 rings (SSSR count). The van der Waals surface area contributed by atoms with Gasteiger partial charge in [-0.25, -0.2) is 0 Å². The maximum Gasteiger partial charge on any atom is 0.243 e. The van der Waals surface area contributed by atoms with E-state index in [-0.39, 0.29) is 5.91 Å². The van der Waals surface area contributed by atoms with Gasteiger partial charge in [-0.3, -0.25) is 4.79 Å². The zero-order valence-electron chi connectivity index (χ0n) is 15.6. The van der Waals surface area contributed by atoms with Crippen LogP contribution in [0.5, 0.6) is 0 Å². The van der Waals surface area contributed by atoms with Crippen LogP contribution in [0.3, 0.4) is 0 Å². The molecule has 0 heterocycles. The predicted octanol–water partition coefficient (Wildman–Crippen LogP) is 4.85. The van der Waals surface area contributed by atoms with Crippen molar-refractivity contribution in [1.82, 2.24) is 5.32 Å². The van der Waals surface area contributed by atoms with Crippen LogP contribution < -0.4 is 5.32 Å². The molecule has 0 unspecified atom stereocenters. The van der Waals surface area contributed by atoms with Crippen molar-refractivity contribution in [2.45, 2.75) is 71.3 Å². The van der Waals surface area contributed by atoms with Gasteiger partial charge in [0, 0.05) is 6.54 Å². The van der Waals surface area contributed by atoms with Crippen LogP contribution in [-0.2, 0) is 4.79 Å². The summed E-state index contributed by atoms with van der Waals surface area (Å²) in [6, 6.07) is 0. The van der Waals surface area contributed by atoms with Gasteiger partial charge in [0.2, 0.25) is 5.91 Å². The fourth-order valence-corrected chi connectivity index (χ4v) is 2.44. The molecule has 0 aromatic carbocycles. The minimum Gasteiger partial charge on any atom is -0.388 e. The van der Waals surface area contributed by atoms with Gasteiger partial charge in [-0.15, -0.1) is 0 Å². The summed E-state index contributed by atoms with van der Waals surface area (Å²) in [4.78, 5) is 11.8. The maximum atomic E-state index is 11.8. The van der Waals surface area contributed by atoms with Gasteiger partial charge in [-0.05, 0) is 38.2 Å². The Hall–Kier alpha value is -1.61. The zero-order valence-corrected chi connectivity index (χ0v) is 15.6. The highest BCUT2D eigenvalue weighted by Crippen LogP contribution is 2.18. The van der Waals surface area contributed by atoms with Crippen molar-refractivity contribution in [3.8, 4) is 0 Å². The van der Waals surface area contributed by atoms with Crippen LogP contribution in [0.1, 0.15) is 65.7 Å². The highest BCUT2D eigenvalue weighted by molar-refractivity contribution is 5.87. The molecule has 0 fully saturated rings. The number of unbranched alkanes of at least 4 members (excludes halogenated alkanes) is 1. The summed E-state index contributed by atoms with van der Waals surface area (Å²) in [6.45, 7) is 6.53. The molecule has 0 saturated carbocycles. The van der Waals surface area contributed by atoms with E-state index in [9.17, 15) is 9.90 Å². The Kier molecular flexibility index (Phi) is 13.9. The summed E-state index contributed by atoms with van der Waals surface area (Å²) in [5.74, 6) is -0.130. The summed E-state index contributed by atoms with van der Waals surface area (Å²) in [7, 11) is 0. The van der Waals surface area contributed by atoms with Gasteiger partial charge in [-0.1, -0.05) is 76.1 Å². The molecule has 0 bridgehead atoms. The molecule has 0 radical (unpaired) electrons. The average Bonchev–Trinajstić information content (AvgIpc) is 2.55. The molecular weight excluding hydrogens is 298 g/mol. The van der Waals surface area contributed by atoms with Crippen molar-refractivity contribution >= 4 is 5.91 Å². The Morgan fingerprint density at radius 2 is 1.50 bits per heavy atom. The fraction of sp³-hybridized carbons (Fsp3) is 0.571. The number of carbonyl (C=O) groups is 1. The first-order valence-electron chi connectivity index (χ1n) is 9.23. The van der Waals surface area contributed by atoms with Crippen LogP contribution in [0.25, 0.3) is 0 Å². The number of hydrogen-bond acceptors (Lipinski definition) is 2. The number of aliphatic hydroxyl groups is 1. The Balaban J connectivity index is 3.98. The topological polar surface area (TPSA) is 49.3 Å². The van der Waals surface area contributed by atoms with E-state index in [4.69, 9.17) is 0 Å². The number of rotatable bonds is 13. The second-order valence-electron chi connectivity index (χ2n) is 6.07. The van der Waals surface area contributed by atoms with Crippen LogP contribution in [0.2, 0.25) is 0 Å². The van der Waals surface area contributed by atoms with Crippen molar-refractivity contribution in [3.63, 3.8) is 0 Å². The van der Waals surface area contributed by atoms with E-state index in [1.165, 1.54) is 0 Å². The minimum absolute atomic E-state index is 0.130. The highest BCUT2D eigenvalue weighted by Gasteiger charge is 2.24. The van der Waals surface area contributed by atoms with Crippen LogP contribution in [0.15, 0.2) is 48.6 Å². The molecule has 0 aromatic rings. The first-order valence-corrected chi connectivity index (χ1v) is 9.23. The summed E-state index contributed by atoms with van der Waals surface area (Å²) >= 11 is 0. The van der Waals surface area contributed by atoms with Crippen molar-refractivity contribution in [2.75, 3.05) is 6.54 Å². The van der Waals surface area contributed by atoms with Gasteiger partial charge in [0.05, 0.1) is 5.60 Å². The van der Waals surface area contributed by atoms with Crippen LogP contribution in [-0.4, -0.2) is 23.2 Å². The molecule has 0 aliphatic heterocycles. The smallest absolute Gasteiger partial charge is 0.243 e. The third-order valence-electron chi connectivity index (χ3n) is 3.63. The van der Waals surface area contributed by atoms with Gasteiger partial charge in [0.1, 0.15) is 0 Å². The van der Waals surface area contributed by atoms with E-state index in [0.717, 1.165) is 44.9 Å². The average molecular weight is 334 g/mol. The predicted molar refractivity (Wildman–Crippen MR) is 104 cm³/mol. The van der Waals surface area contributed by atoms with Gasteiger partial charge in [0.15, 0.2) is 0 Å². The van der Waals surface area contributed by atoms with Gasteiger partial charge < -0.3 is 10.4 Å². The fourth-order valence-electron chi connectivity index (χ4n) is 2.44. The normalized spacial score (nSPS) is 13.0. The van der Waals surface area contributed by atoms with E-state index >= 15 is 0 Å². The lowest BCUT2D eigenvalue weighted by Crippen LogP contribution is -2.42. The highest BCUT2D eigenvalue weighted by atomic mass is 16.3. The number of nitrogens with one attached hydrogen (secondary N) is 1. The van der Waals surface area contributed by atoms with Crippen molar-refractivity contribution in [3.05, 3.63) is 48.6 Å². The van der Waals surface area contributed by atoms with Crippen LogP contribution in [0.4, 0.5) is 0 Å². The molecule has 0 aliphatic carbocycles. The first-order chi connectivity index (χ1) is 11.6. The third kappa shape index (κ3) is 12.9. The van der Waals surface area contributed by atoms with E-state index in [1.807, 2.05) is 44.2 Å². The molecule has 136 valence electrons. The Morgan fingerprint density at radius 3 is 2.08 bits per heavy atom. The van der Waals surface area contributed by atoms with Crippen LogP contribution in [0, 0.1) is 0 Å². The number of amides is 1. The molecule has 0 aliphatic rings. The monoisotopic (exact) mass is 333 g/mol. The van der Waals surface area contributed by atoms with Crippen LogP contribution >= 0.6 is 0 Å².